The summed E-state index contributed by atoms with van der Waals surface area (Å²) in [6, 6.07) is 0.361. The fourth-order valence-electron chi connectivity index (χ4n) is 1.29. The number of nitrogens with one attached hydrogen (secondary N) is 1. The lowest BCUT2D eigenvalue weighted by atomic mass is 10.2. The summed E-state index contributed by atoms with van der Waals surface area (Å²) in [6.45, 7) is 2.12. The number of hydrogen-bond acceptors (Lipinski definition) is 4. The molecule has 90 valence electrons. The molecule has 0 aliphatic rings. The highest BCUT2D eigenvalue weighted by molar-refractivity contribution is 9.10. The van der Waals surface area contributed by atoms with Gasteiger partial charge < -0.3 is 5.32 Å². The average Bonchev–Trinajstić information content (AvgIpc) is 2.29. The van der Waals surface area contributed by atoms with Gasteiger partial charge in [0.2, 0.25) is 0 Å². The van der Waals surface area contributed by atoms with Gasteiger partial charge in [-0.05, 0) is 28.6 Å². The van der Waals surface area contributed by atoms with Crippen LogP contribution >= 0.6 is 27.7 Å². The van der Waals surface area contributed by atoms with Crippen molar-refractivity contribution in [1.82, 2.24) is 9.78 Å². The van der Waals surface area contributed by atoms with E-state index in [1.54, 1.807) is 25.0 Å². The van der Waals surface area contributed by atoms with Crippen LogP contribution in [0.4, 0.5) is 5.69 Å². The third-order valence-corrected chi connectivity index (χ3v) is 3.80. The summed E-state index contributed by atoms with van der Waals surface area (Å²) < 4.78 is 1.86. The lowest BCUT2D eigenvalue weighted by Gasteiger charge is -2.17. The zero-order chi connectivity index (χ0) is 12.1. The molecule has 1 aromatic heterocycles. The fourth-order valence-corrected chi connectivity index (χ4v) is 2.49. The highest BCUT2D eigenvalue weighted by atomic mass is 79.9. The Kier molecular flexibility index (Phi) is 5.34. The summed E-state index contributed by atoms with van der Waals surface area (Å²) in [7, 11) is 1.63. The first-order valence-electron chi connectivity index (χ1n) is 5.07. The minimum Gasteiger partial charge on any atom is -0.379 e. The van der Waals surface area contributed by atoms with Crippen LogP contribution in [0.2, 0.25) is 0 Å². The number of anilines is 1. The quantitative estimate of drug-likeness (QED) is 0.905. The van der Waals surface area contributed by atoms with E-state index in [2.05, 4.69) is 39.5 Å². The Balaban J connectivity index is 2.89. The van der Waals surface area contributed by atoms with Crippen molar-refractivity contribution in [2.24, 2.45) is 7.05 Å². The fraction of sp³-hybridized carbons (Fsp3) is 0.600. The van der Waals surface area contributed by atoms with Crippen molar-refractivity contribution in [3.8, 4) is 0 Å². The average molecular weight is 306 g/mol. The van der Waals surface area contributed by atoms with Gasteiger partial charge in [0.1, 0.15) is 4.47 Å². The molecule has 1 rings (SSSR count). The molecule has 0 bridgehead atoms. The zero-order valence-electron chi connectivity index (χ0n) is 9.66. The number of nitrogens with zero attached hydrogens (tertiary/aromatic N) is 2. The number of aryl methyl sites for hydroxylation is 1. The summed E-state index contributed by atoms with van der Waals surface area (Å²) in [5, 5.41) is 7.31. The molecule has 0 aromatic carbocycles. The van der Waals surface area contributed by atoms with Gasteiger partial charge >= 0.3 is 0 Å². The van der Waals surface area contributed by atoms with Gasteiger partial charge in [-0.15, -0.1) is 0 Å². The molecule has 1 heterocycles. The number of thioether (sulfide) groups is 1. The molecule has 1 N–H and O–H groups in total. The number of halogens is 1. The van der Waals surface area contributed by atoms with Gasteiger partial charge in [-0.3, -0.25) is 4.79 Å². The van der Waals surface area contributed by atoms with Crippen LogP contribution in [0.15, 0.2) is 15.5 Å². The Labute approximate surface area is 108 Å². The Hall–Kier alpha value is -0.490. The van der Waals surface area contributed by atoms with Gasteiger partial charge in [-0.2, -0.15) is 16.9 Å². The van der Waals surface area contributed by atoms with E-state index in [9.17, 15) is 4.79 Å². The molecule has 0 aliphatic carbocycles. The molecule has 16 heavy (non-hydrogen) atoms. The molecule has 1 atom stereocenters. The van der Waals surface area contributed by atoms with Gasteiger partial charge in [-0.25, -0.2) is 4.68 Å². The van der Waals surface area contributed by atoms with E-state index in [4.69, 9.17) is 0 Å². The summed E-state index contributed by atoms with van der Waals surface area (Å²) in [4.78, 5) is 11.6. The molecule has 0 spiro atoms. The van der Waals surface area contributed by atoms with Gasteiger partial charge in [0.25, 0.3) is 5.56 Å². The lowest BCUT2D eigenvalue weighted by molar-refractivity contribution is 0.698. The van der Waals surface area contributed by atoms with Crippen molar-refractivity contribution in [2.45, 2.75) is 19.4 Å². The van der Waals surface area contributed by atoms with E-state index < -0.39 is 0 Å². The first-order valence-corrected chi connectivity index (χ1v) is 7.26. The van der Waals surface area contributed by atoms with Gasteiger partial charge in [0, 0.05) is 18.8 Å². The van der Waals surface area contributed by atoms with E-state index in [1.165, 1.54) is 4.68 Å². The van der Waals surface area contributed by atoms with Crippen LogP contribution in [0, 0.1) is 0 Å². The first kappa shape index (κ1) is 13.6. The largest absolute Gasteiger partial charge is 0.379 e. The maximum absolute atomic E-state index is 11.6. The molecule has 6 heteroatoms. The van der Waals surface area contributed by atoms with E-state index in [0.29, 0.717) is 10.5 Å². The minimum absolute atomic E-state index is 0.121. The Bertz CT molecular complexity index is 408. The van der Waals surface area contributed by atoms with Gasteiger partial charge in [0.05, 0.1) is 11.9 Å². The maximum atomic E-state index is 11.6. The van der Waals surface area contributed by atoms with Crippen molar-refractivity contribution >= 4 is 33.4 Å². The normalized spacial score (nSPS) is 12.5. The number of aromatic nitrogens is 2. The summed E-state index contributed by atoms with van der Waals surface area (Å²) in [5.74, 6) is 1.01. The van der Waals surface area contributed by atoms with Crippen molar-refractivity contribution in [3.05, 3.63) is 21.0 Å². The van der Waals surface area contributed by atoms with Crippen molar-refractivity contribution < 1.29 is 0 Å². The Morgan fingerprint density at radius 1 is 1.69 bits per heavy atom. The van der Waals surface area contributed by atoms with Crippen molar-refractivity contribution in [2.75, 3.05) is 17.3 Å². The van der Waals surface area contributed by atoms with Crippen LogP contribution in [-0.2, 0) is 7.05 Å². The van der Waals surface area contributed by atoms with E-state index in [1.807, 2.05) is 0 Å². The van der Waals surface area contributed by atoms with Crippen LogP contribution in [-0.4, -0.2) is 27.8 Å². The molecule has 0 saturated carbocycles. The second kappa shape index (κ2) is 6.30. The second-order valence-electron chi connectivity index (χ2n) is 3.51. The number of hydrogen-bond donors (Lipinski definition) is 1. The van der Waals surface area contributed by atoms with E-state index in [-0.39, 0.29) is 5.56 Å². The third kappa shape index (κ3) is 3.25. The summed E-state index contributed by atoms with van der Waals surface area (Å²) >= 11 is 5.08. The SMILES string of the molecule is CCC(CSC)Nc1cnn(C)c(=O)c1Br. The minimum atomic E-state index is -0.121. The predicted molar refractivity (Wildman–Crippen MR) is 73.3 cm³/mol. The smallest absolute Gasteiger partial charge is 0.282 e. The third-order valence-electron chi connectivity index (χ3n) is 2.30. The van der Waals surface area contributed by atoms with Crippen LogP contribution < -0.4 is 10.9 Å². The number of rotatable bonds is 5. The van der Waals surface area contributed by atoms with E-state index >= 15 is 0 Å². The van der Waals surface area contributed by atoms with Crippen molar-refractivity contribution in [1.29, 1.82) is 0 Å². The monoisotopic (exact) mass is 305 g/mol. The standard InChI is InChI=1S/C10H16BrN3OS/c1-4-7(6-16-3)13-8-5-12-14(2)10(15)9(8)11/h5,7,13H,4,6H2,1-3H3. The van der Waals surface area contributed by atoms with Crippen molar-refractivity contribution in [3.63, 3.8) is 0 Å². The summed E-state index contributed by atoms with van der Waals surface area (Å²) in [5.41, 5.74) is 0.646. The molecule has 4 nitrogen and oxygen atoms in total. The highest BCUT2D eigenvalue weighted by Crippen LogP contribution is 2.18. The zero-order valence-corrected chi connectivity index (χ0v) is 12.1. The van der Waals surface area contributed by atoms with Gasteiger partial charge in [-0.1, -0.05) is 6.92 Å². The molecule has 0 amide bonds. The van der Waals surface area contributed by atoms with Crippen LogP contribution in [0.1, 0.15) is 13.3 Å². The lowest BCUT2D eigenvalue weighted by Crippen LogP contribution is -2.26. The molecular weight excluding hydrogens is 290 g/mol. The van der Waals surface area contributed by atoms with E-state index in [0.717, 1.165) is 17.9 Å². The Morgan fingerprint density at radius 3 is 2.94 bits per heavy atom. The molecule has 0 fully saturated rings. The molecule has 1 aromatic rings. The van der Waals surface area contributed by atoms with Crippen LogP contribution in [0.25, 0.3) is 0 Å². The van der Waals surface area contributed by atoms with Crippen LogP contribution in [0.3, 0.4) is 0 Å². The molecule has 0 radical (unpaired) electrons. The molecular formula is C10H16BrN3OS. The molecule has 0 saturated heterocycles. The summed E-state index contributed by atoms with van der Waals surface area (Å²) in [6.07, 6.45) is 4.76. The highest BCUT2D eigenvalue weighted by Gasteiger charge is 2.10. The topological polar surface area (TPSA) is 46.9 Å². The first-order chi connectivity index (χ1) is 7.60. The molecule has 0 aliphatic heterocycles. The molecule has 1 unspecified atom stereocenters. The maximum Gasteiger partial charge on any atom is 0.282 e. The predicted octanol–water partition coefficient (Wildman–Crippen LogP) is 2.10. The second-order valence-corrected chi connectivity index (χ2v) is 5.21. The Morgan fingerprint density at radius 2 is 2.38 bits per heavy atom. The van der Waals surface area contributed by atoms with Gasteiger partial charge in [0.15, 0.2) is 0 Å². The van der Waals surface area contributed by atoms with Crippen LogP contribution in [0.5, 0.6) is 0 Å².